The molecule has 0 bridgehead atoms. The predicted molar refractivity (Wildman–Crippen MR) is 120 cm³/mol. The highest BCUT2D eigenvalue weighted by molar-refractivity contribution is 7.89. The molecule has 0 aliphatic rings. The summed E-state index contributed by atoms with van der Waals surface area (Å²) < 4.78 is 36.6. The lowest BCUT2D eigenvalue weighted by molar-refractivity contribution is -0.147. The van der Waals surface area contributed by atoms with Gasteiger partial charge in [-0.3, -0.25) is 9.59 Å². The number of sulfonamides is 1. The van der Waals surface area contributed by atoms with Crippen LogP contribution in [0, 0.1) is 13.8 Å². The van der Waals surface area contributed by atoms with E-state index in [1.807, 2.05) is 26.0 Å². The first-order valence-corrected chi connectivity index (χ1v) is 11.4. The zero-order valence-electron chi connectivity index (χ0n) is 18.5. The van der Waals surface area contributed by atoms with Crippen molar-refractivity contribution in [1.82, 2.24) is 9.62 Å². The molecule has 170 valence electrons. The van der Waals surface area contributed by atoms with Gasteiger partial charge in [0.2, 0.25) is 10.0 Å². The van der Waals surface area contributed by atoms with E-state index in [9.17, 15) is 18.0 Å². The molecule has 0 spiro atoms. The van der Waals surface area contributed by atoms with E-state index in [1.165, 1.54) is 26.4 Å². The van der Waals surface area contributed by atoms with Crippen LogP contribution >= 0.6 is 0 Å². The Morgan fingerprint density at radius 3 is 2.47 bits per heavy atom. The number of carbonyl (C=O) groups excluding carboxylic acids is 2. The van der Waals surface area contributed by atoms with Crippen LogP contribution in [-0.2, 0) is 37.3 Å². The molecule has 0 saturated heterocycles. The fraction of sp³-hybridized carbons (Fsp3) is 0.304. The fourth-order valence-electron chi connectivity index (χ4n) is 3.17. The SMILES string of the molecule is Cc1cc2occ(CC(=O)OCC(=O)NCc3ccccc3S(=O)(=O)N(C)C)c2cc1C. The first-order valence-electron chi connectivity index (χ1n) is 9.99. The minimum atomic E-state index is -3.65. The normalized spacial score (nSPS) is 11.7. The van der Waals surface area contributed by atoms with Crippen molar-refractivity contribution in [1.29, 1.82) is 0 Å². The Bertz CT molecular complexity index is 1260. The van der Waals surface area contributed by atoms with Crippen LogP contribution in [0.3, 0.4) is 0 Å². The van der Waals surface area contributed by atoms with Crippen molar-refractivity contribution in [2.45, 2.75) is 31.7 Å². The van der Waals surface area contributed by atoms with Gasteiger partial charge in [0, 0.05) is 31.6 Å². The van der Waals surface area contributed by atoms with Crippen LogP contribution in [0.15, 0.2) is 52.0 Å². The van der Waals surface area contributed by atoms with Gasteiger partial charge in [0.15, 0.2) is 6.61 Å². The van der Waals surface area contributed by atoms with Crippen molar-refractivity contribution in [2.75, 3.05) is 20.7 Å². The Kier molecular flexibility index (Phi) is 7.00. The number of carbonyl (C=O) groups is 2. The number of nitrogens with zero attached hydrogens (tertiary/aromatic N) is 1. The average molecular weight is 459 g/mol. The number of hydrogen-bond donors (Lipinski definition) is 1. The molecule has 0 aliphatic carbocycles. The Balaban J connectivity index is 1.56. The van der Waals surface area contributed by atoms with Gasteiger partial charge < -0.3 is 14.5 Å². The Hall–Kier alpha value is -3.17. The van der Waals surface area contributed by atoms with Gasteiger partial charge in [-0.1, -0.05) is 18.2 Å². The number of amides is 1. The van der Waals surface area contributed by atoms with Gasteiger partial charge >= 0.3 is 5.97 Å². The van der Waals surface area contributed by atoms with E-state index in [0.717, 1.165) is 20.8 Å². The second-order valence-corrected chi connectivity index (χ2v) is 9.82. The largest absolute Gasteiger partial charge is 0.464 e. The number of furan rings is 1. The molecule has 0 radical (unpaired) electrons. The summed E-state index contributed by atoms with van der Waals surface area (Å²) in [5, 5.41) is 3.43. The maximum absolute atomic E-state index is 12.4. The highest BCUT2D eigenvalue weighted by atomic mass is 32.2. The van der Waals surface area contributed by atoms with Crippen molar-refractivity contribution < 1.29 is 27.2 Å². The summed E-state index contributed by atoms with van der Waals surface area (Å²) in [5.41, 5.74) is 4.01. The molecule has 0 fully saturated rings. The molecule has 3 rings (SSSR count). The molecule has 8 nitrogen and oxygen atoms in total. The second-order valence-electron chi connectivity index (χ2n) is 7.70. The maximum Gasteiger partial charge on any atom is 0.310 e. The number of aryl methyl sites for hydroxylation is 2. The Labute approximate surface area is 187 Å². The standard InChI is InChI=1S/C23H26N2O6S/c1-15-9-19-18(13-30-20(19)10-16(15)2)11-23(27)31-14-22(26)24-12-17-7-5-6-8-21(17)32(28,29)25(3)4/h5-10,13H,11-12,14H2,1-4H3,(H,24,26). The van der Waals surface area contributed by atoms with Crippen LogP contribution < -0.4 is 5.32 Å². The number of rotatable bonds is 8. The second kappa shape index (κ2) is 9.54. The highest BCUT2D eigenvalue weighted by Crippen LogP contribution is 2.25. The van der Waals surface area contributed by atoms with Crippen molar-refractivity contribution >= 4 is 32.9 Å². The summed E-state index contributed by atoms with van der Waals surface area (Å²) in [5.74, 6) is -1.09. The summed E-state index contributed by atoms with van der Waals surface area (Å²) in [6, 6.07) is 10.3. The summed E-state index contributed by atoms with van der Waals surface area (Å²) in [6.07, 6.45) is 1.50. The number of hydrogen-bond acceptors (Lipinski definition) is 6. The van der Waals surface area contributed by atoms with Gasteiger partial charge in [-0.25, -0.2) is 12.7 Å². The van der Waals surface area contributed by atoms with E-state index in [-0.39, 0.29) is 17.9 Å². The molecule has 0 aliphatic heterocycles. The number of fused-ring (bicyclic) bond motifs is 1. The molecule has 2 aromatic carbocycles. The summed E-state index contributed by atoms with van der Waals surface area (Å²) in [6.45, 7) is 3.49. The Morgan fingerprint density at radius 1 is 1.06 bits per heavy atom. The zero-order chi connectivity index (χ0) is 23.5. The van der Waals surface area contributed by atoms with Gasteiger partial charge in [-0.05, 0) is 48.7 Å². The van der Waals surface area contributed by atoms with Crippen LogP contribution in [0.2, 0.25) is 0 Å². The first-order chi connectivity index (χ1) is 15.1. The highest BCUT2D eigenvalue weighted by Gasteiger charge is 2.21. The van der Waals surface area contributed by atoms with Crippen LogP contribution in [0.25, 0.3) is 11.0 Å². The zero-order valence-corrected chi connectivity index (χ0v) is 19.3. The van der Waals surface area contributed by atoms with E-state index in [0.29, 0.717) is 16.7 Å². The van der Waals surface area contributed by atoms with Crippen LogP contribution in [0.5, 0.6) is 0 Å². The van der Waals surface area contributed by atoms with Crippen LogP contribution in [0.4, 0.5) is 0 Å². The van der Waals surface area contributed by atoms with Crippen molar-refractivity contribution in [3.05, 3.63) is 64.9 Å². The molecule has 9 heteroatoms. The smallest absolute Gasteiger partial charge is 0.310 e. The predicted octanol–water partition coefficient (Wildman–Crippen LogP) is 2.70. The molecular formula is C23H26N2O6S. The summed E-state index contributed by atoms with van der Waals surface area (Å²) in [7, 11) is -0.766. The first kappa shape index (κ1) is 23.5. The quantitative estimate of drug-likeness (QED) is 0.520. The van der Waals surface area contributed by atoms with Crippen molar-refractivity contribution in [2.24, 2.45) is 0 Å². The molecule has 32 heavy (non-hydrogen) atoms. The van der Waals surface area contributed by atoms with E-state index in [4.69, 9.17) is 9.15 Å². The third-order valence-corrected chi connectivity index (χ3v) is 7.09. The summed E-state index contributed by atoms with van der Waals surface area (Å²) in [4.78, 5) is 24.5. The molecule has 1 heterocycles. The lowest BCUT2D eigenvalue weighted by atomic mass is 10.0. The van der Waals surface area contributed by atoms with Gasteiger partial charge in [0.25, 0.3) is 5.91 Å². The molecule has 0 atom stereocenters. The lowest BCUT2D eigenvalue weighted by Gasteiger charge is -2.15. The number of ether oxygens (including phenoxy) is 1. The number of nitrogens with one attached hydrogen (secondary N) is 1. The molecule has 0 unspecified atom stereocenters. The van der Waals surface area contributed by atoms with Crippen LogP contribution in [0.1, 0.15) is 22.3 Å². The van der Waals surface area contributed by atoms with Crippen molar-refractivity contribution in [3.63, 3.8) is 0 Å². The molecular weight excluding hydrogens is 432 g/mol. The fourth-order valence-corrected chi connectivity index (χ4v) is 4.28. The van der Waals surface area contributed by atoms with Crippen LogP contribution in [-0.4, -0.2) is 45.3 Å². The van der Waals surface area contributed by atoms with Crippen molar-refractivity contribution in [3.8, 4) is 0 Å². The third-order valence-electron chi connectivity index (χ3n) is 5.18. The minimum Gasteiger partial charge on any atom is -0.464 e. The van der Waals surface area contributed by atoms with Gasteiger partial charge in [-0.15, -0.1) is 0 Å². The van der Waals surface area contributed by atoms with E-state index in [2.05, 4.69) is 5.32 Å². The minimum absolute atomic E-state index is 0.00930. The average Bonchev–Trinajstić information content (AvgIpc) is 3.12. The van der Waals surface area contributed by atoms with Gasteiger partial charge in [0.05, 0.1) is 17.6 Å². The topological polar surface area (TPSA) is 106 Å². The Morgan fingerprint density at radius 2 is 1.75 bits per heavy atom. The van der Waals surface area contributed by atoms with E-state index >= 15 is 0 Å². The third kappa shape index (κ3) is 5.17. The monoisotopic (exact) mass is 458 g/mol. The lowest BCUT2D eigenvalue weighted by Crippen LogP contribution is -2.30. The molecule has 0 saturated carbocycles. The summed E-state index contributed by atoms with van der Waals surface area (Å²) >= 11 is 0. The van der Waals surface area contributed by atoms with E-state index < -0.39 is 28.5 Å². The number of esters is 1. The van der Waals surface area contributed by atoms with Gasteiger partial charge in [-0.2, -0.15) is 0 Å². The maximum atomic E-state index is 12.4. The molecule has 1 N–H and O–H groups in total. The van der Waals surface area contributed by atoms with E-state index in [1.54, 1.807) is 18.2 Å². The van der Waals surface area contributed by atoms with Gasteiger partial charge in [0.1, 0.15) is 5.58 Å². The molecule has 3 aromatic rings. The molecule has 1 amide bonds. The molecule has 1 aromatic heterocycles. The number of benzene rings is 2.